The average molecular weight is 209 g/mol. The number of esters is 1. The number of nitrogens with one attached hydrogen (secondary N) is 1. The molecule has 80 valence electrons. The summed E-state index contributed by atoms with van der Waals surface area (Å²) < 4.78 is 17.1. The van der Waals surface area contributed by atoms with Crippen molar-refractivity contribution in [2.24, 2.45) is 0 Å². The molecule has 0 amide bonds. The summed E-state index contributed by atoms with van der Waals surface area (Å²) in [4.78, 5) is 10.7. The summed E-state index contributed by atoms with van der Waals surface area (Å²) in [6, 6.07) is 4.36. The van der Waals surface area contributed by atoms with Crippen molar-refractivity contribution in [2.75, 3.05) is 12.4 Å². The summed E-state index contributed by atoms with van der Waals surface area (Å²) in [7, 11) is 1.30. The Morgan fingerprint density at radius 3 is 2.87 bits per heavy atom. The maximum absolute atomic E-state index is 12.7. The monoisotopic (exact) mass is 209 g/mol. The van der Waals surface area contributed by atoms with Crippen molar-refractivity contribution in [1.82, 2.24) is 0 Å². The highest BCUT2D eigenvalue weighted by atomic mass is 19.1. The molecule has 15 heavy (non-hydrogen) atoms. The van der Waals surface area contributed by atoms with Gasteiger partial charge in [-0.25, -0.2) is 9.18 Å². The van der Waals surface area contributed by atoms with Gasteiger partial charge in [-0.05, 0) is 30.7 Å². The molecule has 1 rings (SSSR count). The first-order chi connectivity index (χ1) is 7.13. The molecule has 1 aromatic rings. The first-order valence-electron chi connectivity index (χ1n) is 4.40. The van der Waals surface area contributed by atoms with E-state index in [-0.39, 0.29) is 5.82 Å². The predicted molar refractivity (Wildman–Crippen MR) is 55.9 cm³/mol. The van der Waals surface area contributed by atoms with Gasteiger partial charge < -0.3 is 10.1 Å². The molecule has 4 heteroatoms. The van der Waals surface area contributed by atoms with Crippen LogP contribution in [0, 0.1) is 12.7 Å². The minimum Gasteiger partial charge on any atom is -0.466 e. The van der Waals surface area contributed by atoms with Crippen LogP contribution in [0.15, 0.2) is 30.5 Å². The van der Waals surface area contributed by atoms with Crippen molar-refractivity contribution in [2.45, 2.75) is 6.92 Å². The van der Waals surface area contributed by atoms with E-state index >= 15 is 0 Å². The Bertz CT molecular complexity index is 388. The third-order valence-electron chi connectivity index (χ3n) is 1.85. The largest absolute Gasteiger partial charge is 0.466 e. The van der Waals surface area contributed by atoms with Crippen LogP contribution >= 0.6 is 0 Å². The molecule has 0 spiro atoms. The highest BCUT2D eigenvalue weighted by Crippen LogP contribution is 2.15. The Labute approximate surface area is 87.6 Å². The summed E-state index contributed by atoms with van der Waals surface area (Å²) in [5, 5.41) is 2.86. The fourth-order valence-corrected chi connectivity index (χ4v) is 1.06. The molecular weight excluding hydrogens is 197 g/mol. The fraction of sp³-hybridized carbons (Fsp3) is 0.182. The minimum atomic E-state index is -0.442. The average Bonchev–Trinajstić information content (AvgIpc) is 2.21. The number of carbonyl (C=O) groups excluding carboxylic acids is 1. The van der Waals surface area contributed by atoms with Gasteiger partial charge >= 0.3 is 5.97 Å². The maximum Gasteiger partial charge on any atom is 0.331 e. The molecule has 0 heterocycles. The van der Waals surface area contributed by atoms with E-state index in [0.717, 1.165) is 11.3 Å². The predicted octanol–water partition coefficient (Wildman–Crippen LogP) is 2.23. The van der Waals surface area contributed by atoms with Gasteiger partial charge in [-0.15, -0.1) is 0 Å². The second-order valence-corrected chi connectivity index (χ2v) is 2.96. The van der Waals surface area contributed by atoms with Crippen molar-refractivity contribution in [3.05, 3.63) is 41.9 Å². The highest BCUT2D eigenvalue weighted by molar-refractivity contribution is 5.82. The van der Waals surface area contributed by atoms with Crippen molar-refractivity contribution in [1.29, 1.82) is 0 Å². The lowest BCUT2D eigenvalue weighted by Gasteiger charge is -2.04. The van der Waals surface area contributed by atoms with Gasteiger partial charge in [0.05, 0.1) is 7.11 Å². The highest BCUT2D eigenvalue weighted by Gasteiger charge is 1.97. The van der Waals surface area contributed by atoms with Gasteiger partial charge in [-0.2, -0.15) is 0 Å². The smallest absolute Gasteiger partial charge is 0.331 e. The molecule has 3 nitrogen and oxygen atoms in total. The Kier molecular flexibility index (Phi) is 3.85. The third-order valence-corrected chi connectivity index (χ3v) is 1.85. The van der Waals surface area contributed by atoms with E-state index in [4.69, 9.17) is 0 Å². The van der Waals surface area contributed by atoms with Gasteiger partial charge in [0.15, 0.2) is 0 Å². The zero-order chi connectivity index (χ0) is 11.3. The number of rotatable bonds is 3. The summed E-state index contributed by atoms with van der Waals surface area (Å²) in [6.07, 6.45) is 2.70. The van der Waals surface area contributed by atoms with Gasteiger partial charge in [-0.3, -0.25) is 0 Å². The zero-order valence-corrected chi connectivity index (χ0v) is 8.58. The number of methoxy groups -OCH3 is 1. The van der Waals surface area contributed by atoms with Crippen molar-refractivity contribution >= 4 is 11.7 Å². The lowest BCUT2D eigenvalue weighted by atomic mass is 10.2. The van der Waals surface area contributed by atoms with Crippen LogP contribution in [-0.4, -0.2) is 13.1 Å². The van der Waals surface area contributed by atoms with Crippen LogP contribution in [0.3, 0.4) is 0 Å². The maximum atomic E-state index is 12.7. The number of ether oxygens (including phenoxy) is 1. The molecule has 0 unspecified atom stereocenters. The van der Waals surface area contributed by atoms with Crippen molar-refractivity contribution in [3.8, 4) is 0 Å². The second kappa shape index (κ2) is 5.14. The molecule has 0 fully saturated rings. The zero-order valence-electron chi connectivity index (χ0n) is 8.58. The lowest BCUT2D eigenvalue weighted by Crippen LogP contribution is -1.97. The molecule has 0 saturated carbocycles. The molecule has 0 aliphatic heterocycles. The number of benzene rings is 1. The number of halogens is 1. The van der Waals surface area contributed by atoms with E-state index in [2.05, 4.69) is 10.1 Å². The van der Waals surface area contributed by atoms with Gasteiger partial charge in [0.2, 0.25) is 0 Å². The molecule has 1 N–H and O–H groups in total. The van der Waals surface area contributed by atoms with Crippen LogP contribution in [0.25, 0.3) is 0 Å². The quantitative estimate of drug-likeness (QED) is 0.612. The van der Waals surface area contributed by atoms with Crippen molar-refractivity contribution in [3.63, 3.8) is 0 Å². The van der Waals surface area contributed by atoms with E-state index in [1.807, 2.05) is 0 Å². The van der Waals surface area contributed by atoms with Gasteiger partial charge in [-0.1, -0.05) is 0 Å². The van der Waals surface area contributed by atoms with Crippen LogP contribution in [0.2, 0.25) is 0 Å². The van der Waals surface area contributed by atoms with E-state index in [9.17, 15) is 9.18 Å². The molecule has 0 saturated heterocycles. The van der Waals surface area contributed by atoms with E-state index in [1.54, 1.807) is 13.0 Å². The molecule has 1 aromatic carbocycles. The standard InChI is InChI=1S/C11H12FNO2/c1-8-7-9(12)3-4-10(8)13-6-5-11(14)15-2/h3-7,13H,1-2H3/b6-5+. The topological polar surface area (TPSA) is 38.3 Å². The van der Waals surface area contributed by atoms with Crippen LogP contribution in [0.5, 0.6) is 0 Å². The van der Waals surface area contributed by atoms with E-state index < -0.39 is 5.97 Å². The normalized spacial score (nSPS) is 10.3. The van der Waals surface area contributed by atoms with Crippen LogP contribution in [-0.2, 0) is 9.53 Å². The number of carbonyl (C=O) groups is 1. The summed E-state index contributed by atoms with van der Waals surface area (Å²) in [5.41, 5.74) is 1.51. The molecule has 0 aromatic heterocycles. The first-order valence-corrected chi connectivity index (χ1v) is 4.40. The third kappa shape index (κ3) is 3.42. The minimum absolute atomic E-state index is 0.282. The molecule has 0 aliphatic carbocycles. The Hall–Kier alpha value is -1.84. The molecule has 0 atom stereocenters. The van der Waals surface area contributed by atoms with Gasteiger partial charge in [0.25, 0.3) is 0 Å². The fourth-order valence-electron chi connectivity index (χ4n) is 1.06. The lowest BCUT2D eigenvalue weighted by molar-refractivity contribution is -0.134. The molecule has 0 bridgehead atoms. The number of hydrogen-bond donors (Lipinski definition) is 1. The summed E-state index contributed by atoms with van der Waals surface area (Å²) in [6.45, 7) is 1.78. The van der Waals surface area contributed by atoms with Crippen LogP contribution in [0.1, 0.15) is 5.56 Å². The molecular formula is C11H12FNO2. The van der Waals surface area contributed by atoms with Crippen molar-refractivity contribution < 1.29 is 13.9 Å². The molecule has 0 aliphatic rings. The van der Waals surface area contributed by atoms with Crippen LogP contribution in [0.4, 0.5) is 10.1 Å². The van der Waals surface area contributed by atoms with E-state index in [1.165, 1.54) is 31.5 Å². The number of anilines is 1. The Morgan fingerprint density at radius 1 is 1.53 bits per heavy atom. The SMILES string of the molecule is COC(=O)/C=C/Nc1ccc(F)cc1C. The Balaban J connectivity index is 2.65. The molecule has 0 radical (unpaired) electrons. The Morgan fingerprint density at radius 2 is 2.27 bits per heavy atom. The van der Waals surface area contributed by atoms with Gasteiger partial charge in [0.1, 0.15) is 5.82 Å². The van der Waals surface area contributed by atoms with Crippen LogP contribution < -0.4 is 5.32 Å². The summed E-state index contributed by atoms with van der Waals surface area (Å²) in [5.74, 6) is -0.725. The first kappa shape index (κ1) is 11.2. The second-order valence-electron chi connectivity index (χ2n) is 2.96. The van der Waals surface area contributed by atoms with Gasteiger partial charge in [0, 0.05) is 18.0 Å². The number of hydrogen-bond acceptors (Lipinski definition) is 3. The summed E-state index contributed by atoms with van der Waals surface area (Å²) >= 11 is 0. The van der Waals surface area contributed by atoms with E-state index in [0.29, 0.717) is 0 Å². The number of aryl methyl sites for hydroxylation is 1.